The van der Waals surface area contributed by atoms with Crippen LogP contribution < -0.4 is 5.32 Å². The number of aromatic amines is 1. The molecule has 2 amide bonds. The molecule has 0 saturated heterocycles. The van der Waals surface area contributed by atoms with Gasteiger partial charge < -0.3 is 15.3 Å². The van der Waals surface area contributed by atoms with Crippen LogP contribution in [0, 0.1) is 0 Å². The smallest absolute Gasteiger partial charge is 0.322 e. The van der Waals surface area contributed by atoms with Gasteiger partial charge in [-0.05, 0) is 19.1 Å². The topological polar surface area (TPSA) is 94.1 Å². The molecule has 2 aromatic heterocycles. The van der Waals surface area contributed by atoms with Gasteiger partial charge in [-0.3, -0.25) is 10.1 Å². The SMILES string of the molecule is CC(CO)N(C)C(=O)Nc1cn[nH]c1-c1ccccn1. The molecule has 0 bridgehead atoms. The average molecular weight is 275 g/mol. The molecule has 0 aromatic carbocycles. The molecule has 2 rings (SSSR count). The Hall–Kier alpha value is -2.41. The van der Waals surface area contributed by atoms with Gasteiger partial charge in [-0.25, -0.2) is 4.79 Å². The molecule has 2 heterocycles. The number of carbonyl (C=O) groups excluding carboxylic acids is 1. The Kier molecular flexibility index (Phi) is 4.31. The number of urea groups is 1. The van der Waals surface area contributed by atoms with E-state index in [0.717, 1.165) is 0 Å². The van der Waals surface area contributed by atoms with Crippen molar-refractivity contribution in [1.29, 1.82) is 0 Å². The lowest BCUT2D eigenvalue weighted by molar-refractivity contribution is 0.166. The summed E-state index contributed by atoms with van der Waals surface area (Å²) < 4.78 is 0. The van der Waals surface area contributed by atoms with Crippen molar-refractivity contribution < 1.29 is 9.90 Å². The number of H-pyrrole nitrogens is 1. The van der Waals surface area contributed by atoms with Crippen LogP contribution in [0.4, 0.5) is 10.5 Å². The summed E-state index contributed by atoms with van der Waals surface area (Å²) in [6.45, 7) is 1.66. The number of hydrogen-bond acceptors (Lipinski definition) is 4. The largest absolute Gasteiger partial charge is 0.394 e. The molecule has 0 aliphatic rings. The number of pyridine rings is 1. The summed E-state index contributed by atoms with van der Waals surface area (Å²) >= 11 is 0. The van der Waals surface area contributed by atoms with E-state index in [1.807, 2.05) is 18.2 Å². The Bertz CT molecular complexity index is 569. The summed E-state index contributed by atoms with van der Waals surface area (Å²) in [5, 5.41) is 18.6. The number of likely N-dealkylation sites (N-methyl/N-ethyl adjacent to an activating group) is 1. The molecule has 106 valence electrons. The maximum atomic E-state index is 12.0. The Labute approximate surface area is 116 Å². The van der Waals surface area contributed by atoms with E-state index in [4.69, 9.17) is 5.11 Å². The van der Waals surface area contributed by atoms with E-state index in [9.17, 15) is 4.79 Å². The fourth-order valence-corrected chi connectivity index (χ4v) is 1.61. The lowest BCUT2D eigenvalue weighted by Gasteiger charge is -2.23. The Balaban J connectivity index is 2.16. The van der Waals surface area contributed by atoms with E-state index in [0.29, 0.717) is 17.1 Å². The van der Waals surface area contributed by atoms with Gasteiger partial charge >= 0.3 is 6.03 Å². The van der Waals surface area contributed by atoms with Crippen molar-refractivity contribution in [2.24, 2.45) is 0 Å². The normalized spacial score (nSPS) is 11.9. The third kappa shape index (κ3) is 2.94. The first kappa shape index (κ1) is 14.0. The standard InChI is InChI=1S/C13H17N5O2/c1-9(8-19)18(2)13(20)16-11-7-15-17-12(11)10-5-3-4-6-14-10/h3-7,9,19H,8H2,1-2H3,(H,15,17)(H,16,20). The molecule has 3 N–H and O–H groups in total. The van der Waals surface area contributed by atoms with Crippen LogP contribution in [-0.2, 0) is 0 Å². The van der Waals surface area contributed by atoms with Gasteiger partial charge in [0.05, 0.1) is 30.2 Å². The number of carbonyl (C=O) groups is 1. The average Bonchev–Trinajstić information content (AvgIpc) is 2.94. The fourth-order valence-electron chi connectivity index (χ4n) is 1.61. The highest BCUT2D eigenvalue weighted by molar-refractivity contribution is 5.92. The second-order valence-corrected chi connectivity index (χ2v) is 4.45. The monoisotopic (exact) mass is 275 g/mol. The first-order valence-electron chi connectivity index (χ1n) is 6.23. The molecule has 1 atom stereocenters. The number of nitrogens with zero attached hydrogens (tertiary/aromatic N) is 3. The van der Waals surface area contributed by atoms with E-state index in [-0.39, 0.29) is 18.7 Å². The fraction of sp³-hybridized carbons (Fsp3) is 0.308. The minimum Gasteiger partial charge on any atom is -0.394 e. The highest BCUT2D eigenvalue weighted by Crippen LogP contribution is 2.23. The molecule has 1 unspecified atom stereocenters. The minimum atomic E-state index is -0.315. The third-order valence-electron chi connectivity index (χ3n) is 3.05. The zero-order chi connectivity index (χ0) is 14.5. The highest BCUT2D eigenvalue weighted by atomic mass is 16.3. The predicted molar refractivity (Wildman–Crippen MR) is 75.1 cm³/mol. The molecular weight excluding hydrogens is 258 g/mol. The lowest BCUT2D eigenvalue weighted by atomic mass is 10.2. The summed E-state index contributed by atoms with van der Waals surface area (Å²) in [6.07, 6.45) is 3.20. The van der Waals surface area contributed by atoms with Crippen molar-refractivity contribution in [2.75, 3.05) is 19.0 Å². The highest BCUT2D eigenvalue weighted by Gasteiger charge is 2.17. The molecule has 20 heavy (non-hydrogen) atoms. The van der Waals surface area contributed by atoms with Crippen LogP contribution in [0.25, 0.3) is 11.4 Å². The second-order valence-electron chi connectivity index (χ2n) is 4.45. The molecule has 2 aromatic rings. The van der Waals surface area contributed by atoms with E-state index < -0.39 is 0 Å². The molecule has 0 aliphatic carbocycles. The van der Waals surface area contributed by atoms with Crippen LogP contribution in [0.3, 0.4) is 0 Å². The van der Waals surface area contributed by atoms with Gasteiger partial charge in [-0.15, -0.1) is 0 Å². The molecule has 0 radical (unpaired) electrons. The van der Waals surface area contributed by atoms with Gasteiger partial charge in [0.2, 0.25) is 0 Å². The van der Waals surface area contributed by atoms with Gasteiger partial charge in [0.25, 0.3) is 0 Å². The van der Waals surface area contributed by atoms with E-state index in [1.165, 1.54) is 11.1 Å². The molecular formula is C13H17N5O2. The predicted octanol–water partition coefficient (Wildman–Crippen LogP) is 1.32. The Morgan fingerprint density at radius 2 is 2.35 bits per heavy atom. The van der Waals surface area contributed by atoms with Crippen molar-refractivity contribution in [3.05, 3.63) is 30.6 Å². The molecule has 0 spiro atoms. The van der Waals surface area contributed by atoms with Crippen LogP contribution in [0.1, 0.15) is 6.92 Å². The van der Waals surface area contributed by atoms with Crippen molar-refractivity contribution >= 4 is 11.7 Å². The number of rotatable bonds is 4. The summed E-state index contributed by atoms with van der Waals surface area (Å²) in [4.78, 5) is 17.7. The molecule has 0 saturated carbocycles. The van der Waals surface area contributed by atoms with Crippen LogP contribution >= 0.6 is 0 Å². The van der Waals surface area contributed by atoms with Crippen molar-refractivity contribution in [3.8, 4) is 11.4 Å². The molecule has 0 fully saturated rings. The number of nitrogens with one attached hydrogen (secondary N) is 2. The van der Waals surface area contributed by atoms with E-state index >= 15 is 0 Å². The van der Waals surface area contributed by atoms with E-state index in [1.54, 1.807) is 20.2 Å². The summed E-state index contributed by atoms with van der Waals surface area (Å²) in [5.74, 6) is 0. The number of anilines is 1. The molecule has 7 heteroatoms. The number of aliphatic hydroxyl groups is 1. The quantitative estimate of drug-likeness (QED) is 0.784. The summed E-state index contributed by atoms with van der Waals surface area (Å²) in [6, 6.07) is 4.91. The van der Waals surface area contributed by atoms with Gasteiger partial charge in [-0.2, -0.15) is 5.10 Å². The van der Waals surface area contributed by atoms with Gasteiger partial charge in [0.15, 0.2) is 0 Å². The molecule has 7 nitrogen and oxygen atoms in total. The van der Waals surface area contributed by atoms with Crippen molar-refractivity contribution in [2.45, 2.75) is 13.0 Å². The first-order chi connectivity index (χ1) is 9.63. The van der Waals surface area contributed by atoms with Crippen LogP contribution in [0.15, 0.2) is 30.6 Å². The van der Waals surface area contributed by atoms with Gasteiger partial charge in [0, 0.05) is 13.2 Å². The number of aromatic nitrogens is 3. The molecule has 0 aliphatic heterocycles. The Morgan fingerprint density at radius 3 is 3.00 bits per heavy atom. The second kappa shape index (κ2) is 6.16. The maximum Gasteiger partial charge on any atom is 0.322 e. The third-order valence-corrected chi connectivity index (χ3v) is 3.05. The van der Waals surface area contributed by atoms with Crippen LogP contribution in [-0.4, -0.2) is 50.9 Å². The number of hydrogen-bond donors (Lipinski definition) is 3. The maximum absolute atomic E-state index is 12.0. The Morgan fingerprint density at radius 1 is 1.55 bits per heavy atom. The number of amides is 2. The van der Waals surface area contributed by atoms with Crippen LogP contribution in [0.2, 0.25) is 0 Å². The van der Waals surface area contributed by atoms with Crippen LogP contribution in [0.5, 0.6) is 0 Å². The lowest BCUT2D eigenvalue weighted by Crippen LogP contribution is -2.40. The van der Waals surface area contributed by atoms with Crippen molar-refractivity contribution in [1.82, 2.24) is 20.1 Å². The number of aliphatic hydroxyl groups excluding tert-OH is 1. The van der Waals surface area contributed by atoms with Gasteiger partial charge in [0.1, 0.15) is 5.69 Å². The minimum absolute atomic E-state index is 0.0948. The zero-order valence-corrected chi connectivity index (χ0v) is 11.4. The van der Waals surface area contributed by atoms with Gasteiger partial charge in [-0.1, -0.05) is 6.07 Å². The first-order valence-corrected chi connectivity index (χ1v) is 6.23. The zero-order valence-electron chi connectivity index (χ0n) is 11.4. The van der Waals surface area contributed by atoms with E-state index in [2.05, 4.69) is 20.5 Å². The summed E-state index contributed by atoms with van der Waals surface area (Å²) in [5.41, 5.74) is 1.88. The summed E-state index contributed by atoms with van der Waals surface area (Å²) in [7, 11) is 1.62. The van der Waals surface area contributed by atoms with Crippen molar-refractivity contribution in [3.63, 3.8) is 0 Å².